The van der Waals surface area contributed by atoms with Gasteiger partial charge in [-0.2, -0.15) is 0 Å². The second-order valence-corrected chi connectivity index (χ2v) is 4.66. The summed E-state index contributed by atoms with van der Waals surface area (Å²) in [4.78, 5) is 4.44. The van der Waals surface area contributed by atoms with E-state index in [1.165, 1.54) is 11.1 Å². The fourth-order valence-corrected chi connectivity index (χ4v) is 2.04. The molecule has 0 atom stereocenters. The summed E-state index contributed by atoms with van der Waals surface area (Å²) < 4.78 is 4.03. The SMILES string of the molecule is Cc1cc2ncn(Cc3nncn3C)c2cc1C. The molecule has 2 aromatic heterocycles. The number of benzene rings is 1. The van der Waals surface area contributed by atoms with Gasteiger partial charge >= 0.3 is 0 Å². The van der Waals surface area contributed by atoms with Gasteiger partial charge in [-0.25, -0.2) is 4.98 Å². The summed E-state index contributed by atoms with van der Waals surface area (Å²) in [5.41, 5.74) is 4.72. The fraction of sp³-hybridized carbons (Fsp3) is 0.308. The standard InChI is InChI=1S/C13H15N5/c1-9-4-11-12(5-10(9)2)18(7-14-11)6-13-16-15-8-17(13)3/h4-5,7-8H,6H2,1-3H3. The van der Waals surface area contributed by atoms with E-state index in [4.69, 9.17) is 0 Å². The van der Waals surface area contributed by atoms with Crippen molar-refractivity contribution in [3.8, 4) is 0 Å². The Kier molecular flexibility index (Phi) is 2.40. The maximum atomic E-state index is 4.44. The van der Waals surface area contributed by atoms with Crippen molar-refractivity contribution in [2.24, 2.45) is 7.05 Å². The second kappa shape index (κ2) is 3.94. The predicted octanol–water partition coefficient (Wildman–Crippen LogP) is 1.83. The van der Waals surface area contributed by atoms with Crippen molar-refractivity contribution in [3.63, 3.8) is 0 Å². The molecule has 2 heterocycles. The van der Waals surface area contributed by atoms with E-state index in [-0.39, 0.29) is 0 Å². The van der Waals surface area contributed by atoms with E-state index in [0.29, 0.717) is 6.54 Å². The van der Waals surface area contributed by atoms with Gasteiger partial charge in [-0.3, -0.25) is 0 Å². The number of nitrogens with zero attached hydrogens (tertiary/aromatic N) is 5. The van der Waals surface area contributed by atoms with Gasteiger partial charge in [0.15, 0.2) is 5.82 Å². The van der Waals surface area contributed by atoms with E-state index in [9.17, 15) is 0 Å². The number of hydrogen-bond acceptors (Lipinski definition) is 3. The summed E-state index contributed by atoms with van der Waals surface area (Å²) in [7, 11) is 1.95. The molecule has 0 saturated heterocycles. The van der Waals surface area contributed by atoms with Crippen molar-refractivity contribution < 1.29 is 0 Å². The molecular weight excluding hydrogens is 226 g/mol. The van der Waals surface area contributed by atoms with Crippen LogP contribution < -0.4 is 0 Å². The van der Waals surface area contributed by atoms with Crippen molar-refractivity contribution in [1.29, 1.82) is 0 Å². The summed E-state index contributed by atoms with van der Waals surface area (Å²) >= 11 is 0. The summed E-state index contributed by atoms with van der Waals surface area (Å²) in [6.45, 7) is 4.92. The molecule has 92 valence electrons. The fourth-order valence-electron chi connectivity index (χ4n) is 2.04. The summed E-state index contributed by atoms with van der Waals surface area (Å²) in [5, 5.41) is 8.00. The van der Waals surface area contributed by atoms with E-state index in [1.807, 2.05) is 17.9 Å². The molecule has 0 saturated carbocycles. The van der Waals surface area contributed by atoms with Crippen LogP contribution in [0.25, 0.3) is 11.0 Å². The van der Waals surface area contributed by atoms with Crippen LogP contribution in [0.1, 0.15) is 17.0 Å². The van der Waals surface area contributed by atoms with Crippen LogP contribution in [0, 0.1) is 13.8 Å². The van der Waals surface area contributed by atoms with Gasteiger partial charge < -0.3 is 9.13 Å². The molecule has 0 aliphatic heterocycles. The van der Waals surface area contributed by atoms with Crippen molar-refractivity contribution in [3.05, 3.63) is 41.7 Å². The first kappa shape index (κ1) is 11.0. The van der Waals surface area contributed by atoms with Gasteiger partial charge in [-0.05, 0) is 37.1 Å². The van der Waals surface area contributed by atoms with Gasteiger partial charge in [-0.1, -0.05) is 0 Å². The number of rotatable bonds is 2. The number of fused-ring (bicyclic) bond motifs is 1. The van der Waals surface area contributed by atoms with Crippen LogP contribution in [0.15, 0.2) is 24.8 Å². The molecule has 0 aliphatic carbocycles. The van der Waals surface area contributed by atoms with Crippen LogP contribution in [0.3, 0.4) is 0 Å². The Morgan fingerprint density at radius 1 is 1.11 bits per heavy atom. The zero-order chi connectivity index (χ0) is 12.7. The highest BCUT2D eigenvalue weighted by atomic mass is 15.3. The lowest BCUT2D eigenvalue weighted by Gasteiger charge is -2.05. The Bertz CT molecular complexity index is 707. The lowest BCUT2D eigenvalue weighted by Crippen LogP contribution is -2.04. The highest BCUT2D eigenvalue weighted by Gasteiger charge is 2.07. The van der Waals surface area contributed by atoms with Gasteiger partial charge in [0.2, 0.25) is 0 Å². The third-order valence-corrected chi connectivity index (χ3v) is 3.35. The quantitative estimate of drug-likeness (QED) is 0.687. The van der Waals surface area contributed by atoms with E-state index < -0.39 is 0 Å². The maximum Gasteiger partial charge on any atom is 0.152 e. The molecule has 18 heavy (non-hydrogen) atoms. The number of aromatic nitrogens is 5. The van der Waals surface area contributed by atoms with Crippen molar-refractivity contribution >= 4 is 11.0 Å². The summed E-state index contributed by atoms with van der Waals surface area (Å²) in [5.74, 6) is 0.924. The highest BCUT2D eigenvalue weighted by molar-refractivity contribution is 5.77. The number of aryl methyl sites for hydroxylation is 3. The van der Waals surface area contributed by atoms with Crippen LogP contribution in [0.4, 0.5) is 0 Å². The normalized spacial score (nSPS) is 11.3. The van der Waals surface area contributed by atoms with Crippen LogP contribution in [0.2, 0.25) is 0 Å². The maximum absolute atomic E-state index is 4.44. The Hall–Kier alpha value is -2.17. The van der Waals surface area contributed by atoms with E-state index in [1.54, 1.807) is 6.33 Å². The molecule has 0 unspecified atom stereocenters. The van der Waals surface area contributed by atoms with Gasteiger partial charge in [0.05, 0.1) is 23.9 Å². The minimum Gasteiger partial charge on any atom is -0.323 e. The van der Waals surface area contributed by atoms with E-state index >= 15 is 0 Å². The Morgan fingerprint density at radius 3 is 2.61 bits per heavy atom. The zero-order valence-corrected chi connectivity index (χ0v) is 10.8. The first-order valence-electron chi connectivity index (χ1n) is 5.90. The smallest absolute Gasteiger partial charge is 0.152 e. The third-order valence-electron chi connectivity index (χ3n) is 3.35. The monoisotopic (exact) mass is 241 g/mol. The van der Waals surface area contributed by atoms with Gasteiger partial charge in [0.25, 0.3) is 0 Å². The molecule has 0 amide bonds. The average Bonchev–Trinajstić information content (AvgIpc) is 2.90. The molecule has 5 nitrogen and oxygen atoms in total. The summed E-state index contributed by atoms with van der Waals surface area (Å²) in [6, 6.07) is 4.30. The Balaban J connectivity index is 2.08. The topological polar surface area (TPSA) is 48.5 Å². The van der Waals surface area contributed by atoms with Crippen LogP contribution in [-0.2, 0) is 13.6 Å². The number of hydrogen-bond donors (Lipinski definition) is 0. The zero-order valence-electron chi connectivity index (χ0n) is 10.8. The minimum atomic E-state index is 0.690. The molecule has 0 N–H and O–H groups in total. The third kappa shape index (κ3) is 1.68. The van der Waals surface area contributed by atoms with E-state index in [2.05, 4.69) is 45.7 Å². The molecule has 3 rings (SSSR count). The molecule has 1 aromatic carbocycles. The van der Waals surface area contributed by atoms with Crippen LogP contribution in [0.5, 0.6) is 0 Å². The van der Waals surface area contributed by atoms with Crippen LogP contribution in [-0.4, -0.2) is 24.3 Å². The van der Waals surface area contributed by atoms with Gasteiger partial charge in [-0.15, -0.1) is 10.2 Å². The van der Waals surface area contributed by atoms with Gasteiger partial charge in [0.1, 0.15) is 6.33 Å². The predicted molar refractivity (Wildman–Crippen MR) is 69.3 cm³/mol. The Morgan fingerprint density at radius 2 is 1.89 bits per heavy atom. The molecule has 0 radical (unpaired) electrons. The average molecular weight is 241 g/mol. The highest BCUT2D eigenvalue weighted by Crippen LogP contribution is 2.18. The molecule has 3 aromatic rings. The molecule has 0 aliphatic rings. The minimum absolute atomic E-state index is 0.690. The molecular formula is C13H15N5. The van der Waals surface area contributed by atoms with Gasteiger partial charge in [0, 0.05) is 7.05 Å². The molecule has 0 fully saturated rings. The molecule has 5 heteroatoms. The number of imidazole rings is 1. The lowest BCUT2D eigenvalue weighted by atomic mass is 10.1. The van der Waals surface area contributed by atoms with Crippen molar-refractivity contribution in [2.45, 2.75) is 20.4 Å². The van der Waals surface area contributed by atoms with Crippen LogP contribution >= 0.6 is 0 Å². The largest absolute Gasteiger partial charge is 0.323 e. The van der Waals surface area contributed by atoms with Crippen molar-refractivity contribution in [2.75, 3.05) is 0 Å². The lowest BCUT2D eigenvalue weighted by molar-refractivity contribution is 0.711. The van der Waals surface area contributed by atoms with E-state index in [0.717, 1.165) is 16.9 Å². The molecule has 0 bridgehead atoms. The van der Waals surface area contributed by atoms with Crippen molar-refractivity contribution in [1.82, 2.24) is 24.3 Å². The first-order valence-corrected chi connectivity index (χ1v) is 5.90. The summed E-state index contributed by atoms with van der Waals surface area (Å²) in [6.07, 6.45) is 3.57. The second-order valence-electron chi connectivity index (χ2n) is 4.66. The first-order chi connectivity index (χ1) is 8.65. The Labute approximate surface area is 105 Å². The molecule has 0 spiro atoms.